The Morgan fingerprint density at radius 1 is 1.19 bits per heavy atom. The van der Waals surface area contributed by atoms with Gasteiger partial charge in [0.2, 0.25) is 5.82 Å². The van der Waals surface area contributed by atoms with Gasteiger partial charge in [-0.2, -0.15) is 4.39 Å². The van der Waals surface area contributed by atoms with Crippen molar-refractivity contribution < 1.29 is 18.6 Å². The molecular formula is C16H15ClF2O2. The predicted octanol–water partition coefficient (Wildman–Crippen LogP) is 4.86. The highest BCUT2D eigenvalue weighted by Gasteiger charge is 2.15. The fourth-order valence-electron chi connectivity index (χ4n) is 1.99. The molecule has 0 heterocycles. The molecule has 1 N–H and O–H groups in total. The number of hydrogen-bond donors (Lipinski definition) is 1. The van der Waals surface area contributed by atoms with Crippen LogP contribution < -0.4 is 4.74 Å². The minimum atomic E-state index is -0.839. The van der Waals surface area contributed by atoms with E-state index in [1.165, 1.54) is 24.3 Å². The van der Waals surface area contributed by atoms with Gasteiger partial charge >= 0.3 is 0 Å². The molecule has 0 amide bonds. The summed E-state index contributed by atoms with van der Waals surface area (Å²) in [7, 11) is 0. The van der Waals surface area contributed by atoms with Crippen LogP contribution in [0.1, 0.15) is 24.5 Å². The van der Waals surface area contributed by atoms with Crippen LogP contribution in [0.3, 0.4) is 0 Å². The van der Waals surface area contributed by atoms with E-state index >= 15 is 0 Å². The number of benzene rings is 2. The van der Waals surface area contributed by atoms with Gasteiger partial charge in [-0.15, -0.1) is 0 Å². The van der Waals surface area contributed by atoms with Gasteiger partial charge in [-0.25, -0.2) is 4.39 Å². The van der Waals surface area contributed by atoms with Crippen molar-refractivity contribution in [3.05, 3.63) is 58.1 Å². The van der Waals surface area contributed by atoms with Crippen molar-refractivity contribution >= 4 is 11.6 Å². The van der Waals surface area contributed by atoms with Gasteiger partial charge in [0, 0.05) is 5.56 Å². The predicted molar refractivity (Wildman–Crippen MR) is 77.8 cm³/mol. The molecule has 0 saturated carbocycles. The maximum Gasteiger partial charge on any atom is 0.206 e. The van der Waals surface area contributed by atoms with E-state index in [4.69, 9.17) is 16.3 Å². The van der Waals surface area contributed by atoms with Crippen molar-refractivity contribution in [1.29, 1.82) is 0 Å². The second-order valence-electron chi connectivity index (χ2n) is 4.62. The van der Waals surface area contributed by atoms with Crippen LogP contribution in [0.2, 0.25) is 5.02 Å². The Labute approximate surface area is 126 Å². The third kappa shape index (κ3) is 3.45. The van der Waals surface area contributed by atoms with Crippen molar-refractivity contribution in [2.45, 2.75) is 26.4 Å². The summed E-state index contributed by atoms with van der Waals surface area (Å²) >= 11 is 5.87. The quantitative estimate of drug-likeness (QED) is 0.854. The van der Waals surface area contributed by atoms with Gasteiger partial charge in [0.25, 0.3) is 0 Å². The molecule has 5 heteroatoms. The van der Waals surface area contributed by atoms with E-state index in [9.17, 15) is 13.9 Å². The molecular weight excluding hydrogens is 298 g/mol. The number of halogens is 3. The Morgan fingerprint density at radius 3 is 2.62 bits per heavy atom. The molecule has 0 atom stereocenters. The summed E-state index contributed by atoms with van der Waals surface area (Å²) < 4.78 is 32.8. The molecule has 0 fully saturated rings. The van der Waals surface area contributed by atoms with Gasteiger partial charge in [-0.3, -0.25) is 0 Å². The summed E-state index contributed by atoms with van der Waals surface area (Å²) in [4.78, 5) is 0. The number of phenols is 1. The van der Waals surface area contributed by atoms with Crippen LogP contribution in [-0.2, 0) is 13.0 Å². The molecule has 2 nitrogen and oxygen atoms in total. The number of hydrogen-bond acceptors (Lipinski definition) is 2. The van der Waals surface area contributed by atoms with E-state index in [0.29, 0.717) is 12.0 Å². The molecule has 2 aromatic rings. The average Bonchev–Trinajstić information content (AvgIpc) is 2.45. The first-order valence-electron chi connectivity index (χ1n) is 6.60. The number of aromatic hydroxyl groups is 1. The van der Waals surface area contributed by atoms with Crippen LogP contribution in [0.25, 0.3) is 0 Å². The molecule has 0 aliphatic carbocycles. The topological polar surface area (TPSA) is 29.5 Å². The lowest BCUT2D eigenvalue weighted by Crippen LogP contribution is -2.02. The Morgan fingerprint density at radius 2 is 1.95 bits per heavy atom. The van der Waals surface area contributed by atoms with Crippen LogP contribution >= 0.6 is 11.6 Å². The van der Waals surface area contributed by atoms with Gasteiger partial charge in [-0.1, -0.05) is 37.1 Å². The third-order valence-electron chi connectivity index (χ3n) is 3.12. The molecule has 0 saturated heterocycles. The van der Waals surface area contributed by atoms with Gasteiger partial charge in [0.15, 0.2) is 11.5 Å². The first-order valence-corrected chi connectivity index (χ1v) is 6.98. The molecule has 2 rings (SSSR count). The van der Waals surface area contributed by atoms with Crippen molar-refractivity contribution in [2.75, 3.05) is 0 Å². The maximum absolute atomic E-state index is 14.0. The lowest BCUT2D eigenvalue weighted by atomic mass is 10.1. The van der Waals surface area contributed by atoms with Crippen molar-refractivity contribution in [3.63, 3.8) is 0 Å². The summed E-state index contributed by atoms with van der Waals surface area (Å²) in [5.41, 5.74) is 0.668. The summed E-state index contributed by atoms with van der Waals surface area (Å²) in [6.07, 6.45) is 1.36. The molecule has 21 heavy (non-hydrogen) atoms. The first kappa shape index (κ1) is 15.6. The summed E-state index contributed by atoms with van der Waals surface area (Å²) in [6, 6.07) is 7.28. The molecule has 112 valence electrons. The van der Waals surface area contributed by atoms with Crippen LogP contribution in [0.4, 0.5) is 8.78 Å². The van der Waals surface area contributed by atoms with E-state index in [2.05, 4.69) is 0 Å². The van der Waals surface area contributed by atoms with Gasteiger partial charge < -0.3 is 9.84 Å². The Hall–Kier alpha value is -1.81. The van der Waals surface area contributed by atoms with Crippen LogP contribution in [0, 0.1) is 11.6 Å². The fourth-order valence-corrected chi connectivity index (χ4v) is 2.21. The maximum atomic E-state index is 14.0. The third-order valence-corrected chi connectivity index (χ3v) is 3.47. The van der Waals surface area contributed by atoms with Crippen molar-refractivity contribution in [1.82, 2.24) is 0 Å². The first-order chi connectivity index (χ1) is 10.0. The molecule has 0 aliphatic heterocycles. The molecule has 0 radical (unpaired) electrons. The monoisotopic (exact) mass is 312 g/mol. The number of aryl methyl sites for hydroxylation is 1. The van der Waals surface area contributed by atoms with E-state index < -0.39 is 17.4 Å². The van der Waals surface area contributed by atoms with Crippen molar-refractivity contribution in [2.24, 2.45) is 0 Å². The molecule has 2 aromatic carbocycles. The Bertz CT molecular complexity index is 624. The highest BCUT2D eigenvalue weighted by Crippen LogP contribution is 2.31. The van der Waals surface area contributed by atoms with Gasteiger partial charge in [0.05, 0.1) is 5.02 Å². The highest BCUT2D eigenvalue weighted by atomic mass is 35.5. The highest BCUT2D eigenvalue weighted by molar-refractivity contribution is 6.31. The molecule has 0 spiro atoms. The Kier molecular flexibility index (Phi) is 5.02. The zero-order valence-corrected chi connectivity index (χ0v) is 12.3. The minimum absolute atomic E-state index is 0.133. The minimum Gasteiger partial charge on any atom is -0.505 e. The smallest absolute Gasteiger partial charge is 0.206 e. The SMILES string of the molecule is CCCc1ccc(OCc2c(F)cccc2Cl)c(F)c1O. The lowest BCUT2D eigenvalue weighted by molar-refractivity contribution is 0.278. The molecule has 0 aromatic heterocycles. The normalized spacial score (nSPS) is 10.7. The average molecular weight is 313 g/mol. The van der Waals surface area contributed by atoms with Crippen LogP contribution in [0.5, 0.6) is 11.5 Å². The molecule has 0 aliphatic rings. The van der Waals surface area contributed by atoms with Gasteiger partial charge in [-0.05, 0) is 30.2 Å². The zero-order valence-electron chi connectivity index (χ0n) is 11.5. The second kappa shape index (κ2) is 6.76. The van der Waals surface area contributed by atoms with E-state index in [1.54, 1.807) is 6.07 Å². The summed E-state index contributed by atoms with van der Waals surface area (Å²) in [6.45, 7) is 1.72. The number of rotatable bonds is 5. The largest absolute Gasteiger partial charge is 0.505 e. The van der Waals surface area contributed by atoms with Crippen molar-refractivity contribution in [3.8, 4) is 11.5 Å². The summed E-state index contributed by atoms with van der Waals surface area (Å²) in [5, 5.41) is 9.97. The summed E-state index contributed by atoms with van der Waals surface area (Å²) in [5.74, 6) is -1.91. The lowest BCUT2D eigenvalue weighted by Gasteiger charge is -2.12. The number of ether oxygens (including phenoxy) is 1. The Balaban J connectivity index is 2.19. The zero-order chi connectivity index (χ0) is 15.4. The van der Waals surface area contributed by atoms with Crippen LogP contribution in [-0.4, -0.2) is 5.11 Å². The fraction of sp³-hybridized carbons (Fsp3) is 0.250. The van der Waals surface area contributed by atoms with Crippen LogP contribution in [0.15, 0.2) is 30.3 Å². The number of phenolic OH excluding ortho intramolecular Hbond substituents is 1. The molecule has 0 unspecified atom stereocenters. The standard InChI is InChI=1S/C16H15ClF2O2/c1-2-4-10-7-8-14(15(19)16(10)20)21-9-11-12(17)5-3-6-13(11)18/h3,5-8,20H,2,4,9H2,1H3. The molecule has 0 bridgehead atoms. The second-order valence-corrected chi connectivity index (χ2v) is 5.03. The van der Waals surface area contributed by atoms with Gasteiger partial charge in [0.1, 0.15) is 12.4 Å². The van der Waals surface area contributed by atoms with E-state index in [-0.39, 0.29) is 22.9 Å². The van der Waals surface area contributed by atoms with E-state index in [0.717, 1.165) is 6.42 Å². The van der Waals surface area contributed by atoms with E-state index in [1.807, 2.05) is 6.92 Å².